The summed E-state index contributed by atoms with van der Waals surface area (Å²) in [6.45, 7) is 1.92. The second-order valence-corrected chi connectivity index (χ2v) is 2.15. The summed E-state index contributed by atoms with van der Waals surface area (Å²) in [7, 11) is 0. The Morgan fingerprint density at radius 3 is 2.90 bits per heavy atom. The van der Waals surface area contributed by atoms with Crippen molar-refractivity contribution >= 4 is 16.8 Å². The van der Waals surface area contributed by atoms with E-state index in [1.807, 2.05) is 6.92 Å². The third-order valence-electron chi connectivity index (χ3n) is 1.11. The molecule has 1 aromatic rings. The molecule has 1 aromatic heterocycles. The third kappa shape index (κ3) is 1.36. The second-order valence-electron chi connectivity index (χ2n) is 1.81. The van der Waals surface area contributed by atoms with Crippen LogP contribution in [0.4, 0.5) is 0 Å². The Morgan fingerprint density at radius 2 is 2.60 bits per heavy atom. The molecule has 4 heteroatoms. The molecule has 0 radical (unpaired) electrons. The van der Waals surface area contributed by atoms with Gasteiger partial charge in [0.15, 0.2) is 0 Å². The molecule has 10 heavy (non-hydrogen) atoms. The summed E-state index contributed by atoms with van der Waals surface area (Å²) in [6.07, 6.45) is 0.744. The van der Waals surface area contributed by atoms with E-state index in [9.17, 15) is 4.79 Å². The molecular weight excluding hydrogens is 154 g/mol. The van der Waals surface area contributed by atoms with Crippen LogP contribution in [0.1, 0.15) is 23.2 Å². The van der Waals surface area contributed by atoms with Crippen molar-refractivity contribution in [1.82, 2.24) is 5.16 Å². The van der Waals surface area contributed by atoms with Gasteiger partial charge >= 0.3 is 0 Å². The molecule has 0 bridgehead atoms. The van der Waals surface area contributed by atoms with Crippen molar-refractivity contribution in [1.29, 1.82) is 0 Å². The van der Waals surface area contributed by atoms with E-state index in [4.69, 9.17) is 11.6 Å². The van der Waals surface area contributed by atoms with Crippen LogP contribution in [0.25, 0.3) is 0 Å². The van der Waals surface area contributed by atoms with Crippen molar-refractivity contribution in [2.24, 2.45) is 0 Å². The normalized spacial score (nSPS) is 9.80. The van der Waals surface area contributed by atoms with E-state index < -0.39 is 5.24 Å². The van der Waals surface area contributed by atoms with Crippen molar-refractivity contribution in [3.05, 3.63) is 17.5 Å². The summed E-state index contributed by atoms with van der Waals surface area (Å²) < 4.78 is 4.59. The predicted octanol–water partition coefficient (Wildman–Crippen LogP) is 1.62. The highest BCUT2D eigenvalue weighted by Gasteiger charge is 2.07. The zero-order valence-corrected chi connectivity index (χ0v) is 6.18. The number of carbonyl (C=O) groups excluding carboxylic acids is 1. The lowest BCUT2D eigenvalue weighted by Crippen LogP contribution is -1.82. The predicted molar refractivity (Wildman–Crippen MR) is 36.1 cm³/mol. The SMILES string of the molecule is CCc1cc(C(=O)Cl)on1. The molecule has 0 fully saturated rings. The maximum Gasteiger partial charge on any atom is 0.290 e. The molecule has 0 aliphatic rings. The highest BCUT2D eigenvalue weighted by atomic mass is 35.5. The van der Waals surface area contributed by atoms with Gasteiger partial charge in [-0.2, -0.15) is 0 Å². The van der Waals surface area contributed by atoms with Gasteiger partial charge in [-0.15, -0.1) is 0 Å². The average Bonchev–Trinajstić information content (AvgIpc) is 2.34. The number of hydrogen-bond donors (Lipinski definition) is 0. The summed E-state index contributed by atoms with van der Waals surface area (Å²) in [6, 6.07) is 1.54. The molecule has 0 saturated carbocycles. The van der Waals surface area contributed by atoms with Gasteiger partial charge in [-0.05, 0) is 18.0 Å². The fraction of sp³-hybridized carbons (Fsp3) is 0.333. The summed E-state index contributed by atoms with van der Waals surface area (Å²) >= 11 is 5.10. The third-order valence-corrected chi connectivity index (χ3v) is 1.30. The van der Waals surface area contributed by atoms with Crippen LogP contribution >= 0.6 is 11.6 Å². The van der Waals surface area contributed by atoms with Crippen LogP contribution in [0.15, 0.2) is 10.6 Å². The maximum absolute atomic E-state index is 10.4. The summed E-state index contributed by atoms with van der Waals surface area (Å²) in [5.41, 5.74) is 0.740. The first-order valence-corrected chi connectivity index (χ1v) is 3.27. The van der Waals surface area contributed by atoms with E-state index in [0.717, 1.165) is 12.1 Å². The van der Waals surface area contributed by atoms with E-state index in [1.54, 1.807) is 0 Å². The Balaban J connectivity index is 2.88. The highest BCUT2D eigenvalue weighted by Crippen LogP contribution is 2.06. The van der Waals surface area contributed by atoms with Crippen LogP contribution in [0, 0.1) is 0 Å². The molecule has 3 nitrogen and oxygen atoms in total. The molecule has 0 saturated heterocycles. The zero-order chi connectivity index (χ0) is 7.56. The van der Waals surface area contributed by atoms with Crippen molar-refractivity contribution in [3.8, 4) is 0 Å². The van der Waals surface area contributed by atoms with Crippen LogP contribution in [0.3, 0.4) is 0 Å². The Labute approximate surface area is 63.0 Å². The number of halogens is 1. The Morgan fingerprint density at radius 1 is 1.90 bits per heavy atom. The Bertz CT molecular complexity index is 244. The van der Waals surface area contributed by atoms with E-state index in [-0.39, 0.29) is 5.76 Å². The van der Waals surface area contributed by atoms with E-state index in [2.05, 4.69) is 9.68 Å². The lowest BCUT2D eigenvalue weighted by Gasteiger charge is -1.76. The number of aromatic nitrogens is 1. The van der Waals surface area contributed by atoms with Gasteiger partial charge in [0.25, 0.3) is 5.24 Å². The van der Waals surface area contributed by atoms with E-state index in [1.165, 1.54) is 6.07 Å². The van der Waals surface area contributed by atoms with Crippen molar-refractivity contribution < 1.29 is 9.32 Å². The fourth-order valence-electron chi connectivity index (χ4n) is 0.571. The van der Waals surface area contributed by atoms with Crippen LogP contribution in [-0.4, -0.2) is 10.4 Å². The van der Waals surface area contributed by atoms with Crippen LogP contribution < -0.4 is 0 Å². The van der Waals surface area contributed by atoms with Gasteiger partial charge in [0.05, 0.1) is 5.69 Å². The van der Waals surface area contributed by atoms with Gasteiger partial charge in [-0.1, -0.05) is 12.1 Å². The van der Waals surface area contributed by atoms with E-state index >= 15 is 0 Å². The first-order chi connectivity index (χ1) is 4.74. The second kappa shape index (κ2) is 2.84. The number of hydrogen-bond acceptors (Lipinski definition) is 3. The van der Waals surface area contributed by atoms with Crippen LogP contribution in [-0.2, 0) is 6.42 Å². The Hall–Kier alpha value is -0.830. The fourth-order valence-corrected chi connectivity index (χ4v) is 0.660. The minimum absolute atomic E-state index is 0.110. The van der Waals surface area contributed by atoms with Gasteiger partial charge in [0.1, 0.15) is 0 Å². The standard InChI is InChI=1S/C6H6ClNO2/c1-2-4-3-5(6(7)9)10-8-4/h3H,2H2,1H3. The molecule has 54 valence electrons. The van der Waals surface area contributed by atoms with Crippen LogP contribution in [0.2, 0.25) is 0 Å². The summed E-state index contributed by atoms with van der Waals surface area (Å²) in [4.78, 5) is 10.4. The summed E-state index contributed by atoms with van der Waals surface area (Å²) in [5.74, 6) is 0.110. The molecule has 0 spiro atoms. The topological polar surface area (TPSA) is 43.1 Å². The monoisotopic (exact) mass is 159 g/mol. The lowest BCUT2D eigenvalue weighted by atomic mass is 10.3. The molecule has 0 aliphatic carbocycles. The maximum atomic E-state index is 10.4. The number of aryl methyl sites for hydroxylation is 1. The molecule has 0 aliphatic heterocycles. The smallest absolute Gasteiger partial charge is 0.290 e. The molecule has 0 unspecified atom stereocenters. The zero-order valence-electron chi connectivity index (χ0n) is 5.43. The van der Waals surface area contributed by atoms with Gasteiger partial charge < -0.3 is 4.52 Å². The largest absolute Gasteiger partial charge is 0.351 e. The Kier molecular flexibility index (Phi) is 2.06. The van der Waals surface area contributed by atoms with Crippen molar-refractivity contribution in [3.63, 3.8) is 0 Å². The molecule has 0 atom stereocenters. The average molecular weight is 160 g/mol. The van der Waals surface area contributed by atoms with Gasteiger partial charge in [0, 0.05) is 6.07 Å². The highest BCUT2D eigenvalue weighted by molar-refractivity contribution is 6.67. The molecule has 0 amide bonds. The lowest BCUT2D eigenvalue weighted by molar-refractivity contribution is 0.104. The number of rotatable bonds is 2. The van der Waals surface area contributed by atoms with Gasteiger partial charge in [0.2, 0.25) is 5.76 Å². The molecular formula is C6H6ClNO2. The first-order valence-electron chi connectivity index (χ1n) is 2.89. The molecule has 0 aromatic carbocycles. The van der Waals surface area contributed by atoms with Gasteiger partial charge in [-0.25, -0.2) is 0 Å². The minimum Gasteiger partial charge on any atom is -0.351 e. The molecule has 1 rings (SSSR count). The van der Waals surface area contributed by atoms with Crippen molar-refractivity contribution in [2.75, 3.05) is 0 Å². The van der Waals surface area contributed by atoms with E-state index in [0.29, 0.717) is 0 Å². The van der Waals surface area contributed by atoms with Crippen molar-refractivity contribution in [2.45, 2.75) is 13.3 Å². The number of nitrogens with zero attached hydrogens (tertiary/aromatic N) is 1. The summed E-state index contributed by atoms with van der Waals surface area (Å²) in [5, 5.41) is 2.97. The first kappa shape index (κ1) is 7.28. The number of carbonyl (C=O) groups is 1. The van der Waals surface area contributed by atoms with Crippen LogP contribution in [0.5, 0.6) is 0 Å². The molecule has 1 heterocycles. The minimum atomic E-state index is -0.604. The molecule has 0 N–H and O–H groups in total. The quantitative estimate of drug-likeness (QED) is 0.616. The van der Waals surface area contributed by atoms with Gasteiger partial charge in [-0.3, -0.25) is 4.79 Å².